The van der Waals surface area contributed by atoms with Crippen molar-refractivity contribution in [1.29, 1.82) is 0 Å². The molecule has 9 nitrogen and oxygen atoms in total. The van der Waals surface area contributed by atoms with Gasteiger partial charge in [0.15, 0.2) is 22.9 Å². The van der Waals surface area contributed by atoms with Crippen LogP contribution >= 0.6 is 11.6 Å². The lowest BCUT2D eigenvalue weighted by Gasteiger charge is -2.13. The summed E-state index contributed by atoms with van der Waals surface area (Å²) in [6.45, 7) is 0.496. The number of benzene rings is 3. The van der Waals surface area contributed by atoms with Gasteiger partial charge in [-0.2, -0.15) is 5.10 Å². The average Bonchev–Trinajstić information content (AvgIpc) is 3.73. The molecule has 1 N–H and O–H groups in total. The minimum atomic E-state index is -0.479. The first-order valence-corrected chi connectivity index (χ1v) is 13.6. The number of ether oxygens (including phenoxy) is 4. The van der Waals surface area contributed by atoms with Crippen LogP contribution in [0.2, 0.25) is 5.02 Å². The summed E-state index contributed by atoms with van der Waals surface area (Å²) in [5, 5.41) is 8.25. The second-order valence-electron chi connectivity index (χ2n) is 9.75. The summed E-state index contributed by atoms with van der Waals surface area (Å²) >= 11 is 6.57. The van der Waals surface area contributed by atoms with Crippen molar-refractivity contribution in [1.82, 2.24) is 14.8 Å². The number of amides is 1. The third-order valence-electron chi connectivity index (χ3n) is 6.77. The Morgan fingerprint density at radius 3 is 2.45 bits per heavy atom. The molecule has 0 unspecified atom stereocenters. The number of carbonyl (C=O) groups excluding carboxylic acids is 1. The summed E-state index contributed by atoms with van der Waals surface area (Å²) in [5.74, 6) is 1.96. The molecule has 0 saturated heterocycles. The maximum atomic E-state index is 13.4. The van der Waals surface area contributed by atoms with E-state index >= 15 is 0 Å². The molecule has 0 radical (unpaired) electrons. The van der Waals surface area contributed by atoms with Crippen LogP contribution in [0, 0.1) is 11.7 Å². The summed E-state index contributed by atoms with van der Waals surface area (Å²) in [7, 11) is 3.11. The third-order valence-corrected chi connectivity index (χ3v) is 7.07. The van der Waals surface area contributed by atoms with E-state index in [4.69, 9.17) is 30.5 Å². The topological polar surface area (TPSA) is 96.7 Å². The Morgan fingerprint density at radius 2 is 1.74 bits per heavy atom. The van der Waals surface area contributed by atoms with Crippen molar-refractivity contribution in [2.45, 2.75) is 12.8 Å². The zero-order valence-corrected chi connectivity index (χ0v) is 23.5. The van der Waals surface area contributed by atoms with Crippen molar-refractivity contribution < 1.29 is 28.1 Å². The number of aromatic nitrogens is 3. The quantitative estimate of drug-likeness (QED) is 0.186. The molecule has 1 fully saturated rings. The molecule has 0 aliphatic heterocycles. The molecule has 11 heteroatoms. The molecule has 2 heterocycles. The highest BCUT2D eigenvalue weighted by molar-refractivity contribution is 6.32. The summed E-state index contributed by atoms with van der Waals surface area (Å²) < 4.78 is 37.8. The summed E-state index contributed by atoms with van der Waals surface area (Å²) in [6.07, 6.45) is 5.44. The van der Waals surface area contributed by atoms with E-state index < -0.39 is 5.91 Å². The largest absolute Gasteiger partial charge is 0.493 e. The first-order valence-electron chi connectivity index (χ1n) is 13.2. The van der Waals surface area contributed by atoms with Crippen molar-refractivity contribution in [3.63, 3.8) is 0 Å². The van der Waals surface area contributed by atoms with Gasteiger partial charge in [-0.15, -0.1) is 0 Å². The van der Waals surface area contributed by atoms with Gasteiger partial charge in [0, 0.05) is 23.3 Å². The van der Waals surface area contributed by atoms with Crippen LogP contribution in [0.25, 0.3) is 16.6 Å². The van der Waals surface area contributed by atoms with Gasteiger partial charge in [0.05, 0.1) is 43.3 Å². The monoisotopic (exact) mass is 588 g/mol. The number of methoxy groups -OCH3 is 2. The molecular formula is C31H26ClFN4O5. The molecule has 5 aromatic rings. The van der Waals surface area contributed by atoms with E-state index in [0.717, 1.165) is 12.8 Å². The highest BCUT2D eigenvalue weighted by Crippen LogP contribution is 2.39. The van der Waals surface area contributed by atoms with Gasteiger partial charge in [-0.3, -0.25) is 9.78 Å². The number of halogens is 2. The van der Waals surface area contributed by atoms with Crippen molar-refractivity contribution in [2.75, 3.05) is 26.1 Å². The van der Waals surface area contributed by atoms with E-state index in [2.05, 4.69) is 15.4 Å². The number of fused-ring (bicyclic) bond motifs is 1. The van der Waals surface area contributed by atoms with Crippen LogP contribution in [0.1, 0.15) is 23.3 Å². The highest BCUT2D eigenvalue weighted by Gasteiger charge is 2.25. The van der Waals surface area contributed by atoms with Gasteiger partial charge in [0.1, 0.15) is 17.3 Å². The van der Waals surface area contributed by atoms with E-state index in [0.29, 0.717) is 63.6 Å². The molecule has 1 amide bonds. The average molecular weight is 589 g/mol. The number of rotatable bonds is 10. The molecule has 3 aromatic carbocycles. The minimum Gasteiger partial charge on any atom is -0.493 e. The fourth-order valence-electron chi connectivity index (χ4n) is 4.35. The standard InChI is InChI=1S/C31H26ClFN4O5/c1-39-27-14-22-24(15-28(27)40-2)34-12-11-25(22)42-26-10-7-20(13-23(26)32)35-31(38)30-29(41-17-18-3-4-18)16-37(36-30)21-8-5-19(33)6-9-21/h5-16,18H,3-4,17H2,1-2H3,(H,35,38). The van der Waals surface area contributed by atoms with E-state index in [1.54, 1.807) is 75.1 Å². The van der Waals surface area contributed by atoms with Gasteiger partial charge >= 0.3 is 0 Å². The first kappa shape index (κ1) is 27.3. The van der Waals surface area contributed by atoms with Crippen LogP contribution in [0.3, 0.4) is 0 Å². The van der Waals surface area contributed by atoms with Gasteiger partial charge in [-0.25, -0.2) is 9.07 Å². The zero-order valence-electron chi connectivity index (χ0n) is 22.8. The molecule has 2 aromatic heterocycles. The Labute approximate surface area is 245 Å². The predicted octanol–water partition coefficient (Wildman–Crippen LogP) is 7.06. The first-order chi connectivity index (χ1) is 20.4. The Kier molecular flexibility index (Phi) is 7.54. The maximum absolute atomic E-state index is 13.4. The van der Waals surface area contributed by atoms with E-state index in [1.807, 2.05) is 0 Å². The van der Waals surface area contributed by atoms with E-state index in [1.165, 1.54) is 16.8 Å². The maximum Gasteiger partial charge on any atom is 0.280 e. The fourth-order valence-corrected chi connectivity index (χ4v) is 4.56. The molecule has 1 aliphatic rings. The zero-order chi connectivity index (χ0) is 29.2. The third kappa shape index (κ3) is 5.80. The molecule has 42 heavy (non-hydrogen) atoms. The van der Waals surface area contributed by atoms with Gasteiger partial charge in [0.25, 0.3) is 5.91 Å². The molecule has 0 spiro atoms. The Hall–Kier alpha value is -4.83. The molecule has 6 rings (SSSR count). The summed E-state index contributed by atoms with van der Waals surface area (Å²) in [5.41, 5.74) is 1.79. The molecule has 0 atom stereocenters. The number of nitrogens with zero attached hydrogens (tertiary/aromatic N) is 3. The van der Waals surface area contributed by atoms with Crippen molar-refractivity contribution in [3.8, 4) is 34.4 Å². The van der Waals surface area contributed by atoms with Crippen molar-refractivity contribution in [3.05, 3.63) is 89.6 Å². The van der Waals surface area contributed by atoms with Crippen LogP contribution in [-0.2, 0) is 0 Å². The van der Waals surface area contributed by atoms with Crippen LogP contribution in [0.5, 0.6) is 28.7 Å². The molecule has 1 saturated carbocycles. The van der Waals surface area contributed by atoms with Gasteiger partial charge in [-0.1, -0.05) is 11.6 Å². The Morgan fingerprint density at radius 1 is 0.976 bits per heavy atom. The highest BCUT2D eigenvalue weighted by atomic mass is 35.5. The van der Waals surface area contributed by atoms with Gasteiger partial charge in [0.2, 0.25) is 0 Å². The van der Waals surface area contributed by atoms with Gasteiger partial charge < -0.3 is 24.3 Å². The van der Waals surface area contributed by atoms with Crippen LogP contribution in [-0.4, -0.2) is 41.5 Å². The number of anilines is 1. The summed E-state index contributed by atoms with van der Waals surface area (Å²) in [4.78, 5) is 17.7. The normalized spacial score (nSPS) is 12.7. The van der Waals surface area contributed by atoms with E-state index in [9.17, 15) is 9.18 Å². The molecular weight excluding hydrogens is 563 g/mol. The molecule has 214 valence electrons. The second kappa shape index (κ2) is 11.6. The molecule has 1 aliphatic carbocycles. The lowest BCUT2D eigenvalue weighted by Crippen LogP contribution is -2.15. The summed E-state index contributed by atoms with van der Waals surface area (Å²) in [6, 6.07) is 16.0. The number of hydrogen-bond donors (Lipinski definition) is 1. The number of pyridine rings is 1. The fraction of sp³-hybridized carbons (Fsp3) is 0.194. The van der Waals surface area contributed by atoms with Crippen LogP contribution in [0.4, 0.5) is 10.1 Å². The lowest BCUT2D eigenvalue weighted by atomic mass is 10.2. The van der Waals surface area contributed by atoms with Gasteiger partial charge in [-0.05, 0) is 73.4 Å². The predicted molar refractivity (Wildman–Crippen MR) is 156 cm³/mol. The number of hydrogen-bond acceptors (Lipinski definition) is 7. The van der Waals surface area contributed by atoms with Crippen molar-refractivity contribution in [2.24, 2.45) is 5.92 Å². The Bertz CT molecular complexity index is 1770. The van der Waals surface area contributed by atoms with Crippen molar-refractivity contribution >= 4 is 34.1 Å². The minimum absolute atomic E-state index is 0.101. The number of nitrogens with one attached hydrogen (secondary N) is 1. The van der Waals surface area contributed by atoms with Crippen LogP contribution in [0.15, 0.2) is 73.1 Å². The van der Waals surface area contributed by atoms with E-state index in [-0.39, 0.29) is 16.5 Å². The smallest absolute Gasteiger partial charge is 0.280 e. The Balaban J connectivity index is 1.23. The number of carbonyl (C=O) groups is 1. The molecule has 0 bridgehead atoms. The lowest BCUT2D eigenvalue weighted by molar-refractivity contribution is 0.101. The second-order valence-corrected chi connectivity index (χ2v) is 10.2. The van der Waals surface area contributed by atoms with Crippen LogP contribution < -0.4 is 24.3 Å². The SMILES string of the molecule is COc1cc2nccc(Oc3ccc(NC(=O)c4nn(-c5ccc(F)cc5)cc4OCC4CC4)cc3Cl)c2cc1OC.